The molecule has 2 aromatic carbocycles. The van der Waals surface area contributed by atoms with Crippen molar-refractivity contribution >= 4 is 57.3 Å². The minimum atomic E-state index is -0.413. The maximum Gasteiger partial charge on any atom is 0.257 e. The Hall–Kier alpha value is -3.22. The molecule has 3 aromatic rings. The van der Waals surface area contributed by atoms with Crippen molar-refractivity contribution in [2.75, 3.05) is 43.3 Å². The van der Waals surface area contributed by atoms with Gasteiger partial charge >= 0.3 is 0 Å². The first-order valence-corrected chi connectivity index (χ1v) is 13.5. The zero-order valence-corrected chi connectivity index (χ0v) is 23.1. The molecule has 2 N–H and O–H groups in total. The van der Waals surface area contributed by atoms with Crippen molar-refractivity contribution in [3.8, 4) is 23.0 Å². The van der Waals surface area contributed by atoms with Crippen LogP contribution in [0, 0.1) is 0 Å². The molecule has 0 unspecified atom stereocenters. The molecular weight excluding hydrogens is 540 g/mol. The Balaban J connectivity index is 1.65. The monoisotopic (exact) mass is 566 g/mol. The lowest BCUT2D eigenvalue weighted by Gasteiger charge is -2.16. The molecule has 3 rings (SSSR count). The average molecular weight is 567 g/mol. The first kappa shape index (κ1) is 28.4. The van der Waals surface area contributed by atoms with Crippen LogP contribution >= 0.6 is 34.7 Å². The van der Waals surface area contributed by atoms with Crippen LogP contribution in [0.25, 0.3) is 0 Å². The Morgan fingerprint density at radius 3 is 2.24 bits per heavy atom. The number of rotatable bonds is 13. The van der Waals surface area contributed by atoms with Gasteiger partial charge in [-0.25, -0.2) is 0 Å². The van der Waals surface area contributed by atoms with Crippen molar-refractivity contribution in [2.24, 2.45) is 0 Å². The third-order valence-electron chi connectivity index (χ3n) is 4.56. The number of amides is 2. The Morgan fingerprint density at radius 2 is 1.62 bits per heavy atom. The summed E-state index contributed by atoms with van der Waals surface area (Å²) in [5.74, 6) is 1.17. The molecule has 0 saturated carbocycles. The number of nitrogens with zero attached hydrogens (tertiary/aromatic N) is 2. The van der Waals surface area contributed by atoms with Gasteiger partial charge in [0.25, 0.3) is 5.91 Å². The molecular formula is C24H27ClN4O6S2. The van der Waals surface area contributed by atoms with Gasteiger partial charge in [0.05, 0.1) is 38.4 Å². The van der Waals surface area contributed by atoms with E-state index in [-0.39, 0.29) is 16.8 Å². The Bertz CT molecular complexity index is 1210. The smallest absolute Gasteiger partial charge is 0.257 e. The van der Waals surface area contributed by atoms with Gasteiger partial charge in [-0.2, -0.15) is 0 Å². The van der Waals surface area contributed by atoms with Crippen molar-refractivity contribution in [2.45, 2.75) is 25.1 Å². The molecule has 0 radical (unpaired) electrons. The van der Waals surface area contributed by atoms with Gasteiger partial charge in [-0.3, -0.25) is 14.9 Å². The summed E-state index contributed by atoms with van der Waals surface area (Å²) in [5.41, 5.74) is 0.786. The van der Waals surface area contributed by atoms with Crippen LogP contribution < -0.4 is 29.6 Å². The maximum atomic E-state index is 12.9. The molecule has 1 heterocycles. The quantitative estimate of drug-likeness (QED) is 0.207. The van der Waals surface area contributed by atoms with E-state index >= 15 is 0 Å². The number of benzene rings is 2. The van der Waals surface area contributed by atoms with Gasteiger partial charge in [-0.15, -0.1) is 10.2 Å². The molecule has 13 heteroatoms. The van der Waals surface area contributed by atoms with Crippen molar-refractivity contribution in [3.63, 3.8) is 0 Å². The van der Waals surface area contributed by atoms with E-state index in [1.54, 1.807) is 30.3 Å². The second kappa shape index (κ2) is 13.9. The number of carbonyl (C=O) groups excluding carboxylic acids is 2. The highest BCUT2D eigenvalue weighted by Gasteiger charge is 2.20. The SMILES string of the molecule is CCOc1cc(C(=O)Nc2nnc(SCC(=O)Nc3cc(Cl)ccc3OC)s2)cc(OCC)c1OCC. The van der Waals surface area contributed by atoms with Crippen LogP contribution in [0.4, 0.5) is 10.8 Å². The largest absolute Gasteiger partial charge is 0.495 e. The van der Waals surface area contributed by atoms with E-state index in [0.717, 1.165) is 11.3 Å². The van der Waals surface area contributed by atoms with E-state index in [2.05, 4.69) is 20.8 Å². The molecule has 0 spiro atoms. The van der Waals surface area contributed by atoms with E-state index < -0.39 is 5.91 Å². The average Bonchev–Trinajstić information content (AvgIpc) is 3.32. The van der Waals surface area contributed by atoms with Crippen LogP contribution in [-0.2, 0) is 4.79 Å². The number of carbonyl (C=O) groups is 2. The second-order valence-corrected chi connectivity index (χ2v) is 9.75. The molecule has 10 nitrogen and oxygen atoms in total. The van der Waals surface area contributed by atoms with Crippen molar-refractivity contribution in [1.29, 1.82) is 0 Å². The van der Waals surface area contributed by atoms with E-state index in [1.165, 1.54) is 18.9 Å². The van der Waals surface area contributed by atoms with E-state index in [0.29, 0.717) is 63.4 Å². The summed E-state index contributed by atoms with van der Waals surface area (Å²) in [6.45, 7) is 6.75. The Kier molecular flexibility index (Phi) is 10.7. The van der Waals surface area contributed by atoms with Gasteiger partial charge in [-0.1, -0.05) is 34.7 Å². The normalized spacial score (nSPS) is 10.5. The second-order valence-electron chi connectivity index (χ2n) is 7.11. The van der Waals surface area contributed by atoms with Crippen LogP contribution in [0.1, 0.15) is 31.1 Å². The number of halogens is 1. The van der Waals surface area contributed by atoms with Crippen LogP contribution in [0.15, 0.2) is 34.7 Å². The van der Waals surface area contributed by atoms with Crippen LogP contribution in [0.5, 0.6) is 23.0 Å². The number of hydrogen-bond acceptors (Lipinski definition) is 10. The standard InChI is InChI=1S/C24H27ClN4O6S2/c1-5-33-18-10-14(11-19(34-6-2)21(18)35-7-3)22(31)27-23-28-29-24(37-23)36-13-20(30)26-16-12-15(25)8-9-17(16)32-4/h8-12H,5-7,13H2,1-4H3,(H,26,30)(H,27,28,31). The third kappa shape index (κ3) is 7.88. The highest BCUT2D eigenvalue weighted by molar-refractivity contribution is 8.01. The highest BCUT2D eigenvalue weighted by atomic mass is 35.5. The summed E-state index contributed by atoms with van der Waals surface area (Å²) < 4.78 is 22.8. The predicted molar refractivity (Wildman–Crippen MR) is 145 cm³/mol. The summed E-state index contributed by atoms with van der Waals surface area (Å²) in [6, 6.07) is 8.14. The highest BCUT2D eigenvalue weighted by Crippen LogP contribution is 2.39. The van der Waals surface area contributed by atoms with E-state index in [4.69, 9.17) is 30.5 Å². The molecule has 198 valence electrons. The number of nitrogens with one attached hydrogen (secondary N) is 2. The predicted octanol–water partition coefficient (Wildman–Crippen LogP) is 5.38. The van der Waals surface area contributed by atoms with Gasteiger partial charge in [-0.05, 0) is 51.1 Å². The van der Waals surface area contributed by atoms with Gasteiger partial charge < -0.3 is 24.3 Å². The zero-order chi connectivity index (χ0) is 26.8. The number of aromatic nitrogens is 2. The zero-order valence-electron chi connectivity index (χ0n) is 20.8. The molecule has 2 amide bonds. The summed E-state index contributed by atoms with van der Waals surface area (Å²) >= 11 is 8.34. The number of thioether (sulfide) groups is 1. The molecule has 0 saturated heterocycles. The molecule has 0 aliphatic rings. The van der Waals surface area contributed by atoms with Crippen molar-refractivity contribution < 1.29 is 28.5 Å². The fourth-order valence-corrected chi connectivity index (χ4v) is 4.82. The van der Waals surface area contributed by atoms with Crippen LogP contribution in [-0.4, -0.2) is 54.7 Å². The summed E-state index contributed by atoms with van der Waals surface area (Å²) in [7, 11) is 1.51. The fourth-order valence-electron chi connectivity index (χ4n) is 3.10. The number of methoxy groups -OCH3 is 1. The van der Waals surface area contributed by atoms with Crippen molar-refractivity contribution in [1.82, 2.24) is 10.2 Å². The first-order chi connectivity index (χ1) is 17.9. The fraction of sp³-hybridized carbons (Fsp3) is 0.333. The van der Waals surface area contributed by atoms with Gasteiger partial charge in [0.2, 0.25) is 16.8 Å². The molecule has 1 aromatic heterocycles. The molecule has 0 atom stereocenters. The topological polar surface area (TPSA) is 121 Å². The minimum absolute atomic E-state index is 0.0760. The molecule has 0 fully saturated rings. The van der Waals surface area contributed by atoms with E-state index in [9.17, 15) is 9.59 Å². The lowest BCUT2D eigenvalue weighted by atomic mass is 10.1. The molecule has 0 aliphatic carbocycles. The summed E-state index contributed by atoms with van der Waals surface area (Å²) in [5, 5.41) is 14.3. The maximum absolute atomic E-state index is 12.9. The minimum Gasteiger partial charge on any atom is -0.495 e. The summed E-state index contributed by atoms with van der Waals surface area (Å²) in [6.07, 6.45) is 0. The molecule has 0 bridgehead atoms. The van der Waals surface area contributed by atoms with Crippen LogP contribution in [0.2, 0.25) is 5.02 Å². The number of hydrogen-bond donors (Lipinski definition) is 2. The molecule has 37 heavy (non-hydrogen) atoms. The van der Waals surface area contributed by atoms with Crippen molar-refractivity contribution in [3.05, 3.63) is 40.9 Å². The summed E-state index contributed by atoms with van der Waals surface area (Å²) in [4.78, 5) is 25.3. The van der Waals surface area contributed by atoms with Gasteiger partial charge in [0.1, 0.15) is 5.75 Å². The lowest BCUT2D eigenvalue weighted by Crippen LogP contribution is -2.14. The van der Waals surface area contributed by atoms with Gasteiger partial charge in [0, 0.05) is 10.6 Å². The van der Waals surface area contributed by atoms with Gasteiger partial charge in [0.15, 0.2) is 15.8 Å². The number of ether oxygens (including phenoxy) is 4. The molecule has 0 aliphatic heterocycles. The first-order valence-electron chi connectivity index (χ1n) is 11.4. The van der Waals surface area contributed by atoms with E-state index in [1.807, 2.05) is 20.8 Å². The third-order valence-corrected chi connectivity index (χ3v) is 6.77. The lowest BCUT2D eigenvalue weighted by molar-refractivity contribution is -0.113. The van der Waals surface area contributed by atoms with Crippen LogP contribution in [0.3, 0.4) is 0 Å². The Labute approximate surface area is 228 Å². The Morgan fingerprint density at radius 1 is 0.946 bits per heavy atom. The number of anilines is 2.